The topological polar surface area (TPSA) is 15.3 Å². The molecular formula is C15H27F3N2. The molecule has 0 bridgehead atoms. The highest BCUT2D eigenvalue weighted by molar-refractivity contribution is 5.01. The quantitative estimate of drug-likeness (QED) is 0.852. The molecule has 1 atom stereocenters. The van der Waals surface area contributed by atoms with Crippen LogP contribution in [0.4, 0.5) is 13.2 Å². The van der Waals surface area contributed by atoms with Gasteiger partial charge in [-0.25, -0.2) is 0 Å². The van der Waals surface area contributed by atoms with Gasteiger partial charge in [-0.15, -0.1) is 0 Å². The third kappa shape index (κ3) is 4.10. The molecule has 5 heteroatoms. The van der Waals surface area contributed by atoms with Crippen molar-refractivity contribution in [2.75, 3.05) is 19.6 Å². The van der Waals surface area contributed by atoms with Gasteiger partial charge in [-0.2, -0.15) is 13.2 Å². The monoisotopic (exact) mass is 292 g/mol. The van der Waals surface area contributed by atoms with E-state index in [1.807, 2.05) is 0 Å². The van der Waals surface area contributed by atoms with Gasteiger partial charge < -0.3 is 5.32 Å². The van der Waals surface area contributed by atoms with Crippen molar-refractivity contribution in [3.05, 3.63) is 0 Å². The minimum absolute atomic E-state index is 0.184. The number of halogens is 3. The molecule has 20 heavy (non-hydrogen) atoms. The molecule has 1 heterocycles. The maximum atomic E-state index is 12.3. The van der Waals surface area contributed by atoms with E-state index in [0.29, 0.717) is 18.5 Å². The molecule has 2 nitrogen and oxygen atoms in total. The summed E-state index contributed by atoms with van der Waals surface area (Å²) in [5, 5.41) is 3.70. The van der Waals surface area contributed by atoms with Crippen molar-refractivity contribution >= 4 is 0 Å². The van der Waals surface area contributed by atoms with Crippen molar-refractivity contribution in [2.45, 2.75) is 70.1 Å². The van der Waals surface area contributed by atoms with Gasteiger partial charge in [0.15, 0.2) is 0 Å². The first-order chi connectivity index (χ1) is 9.31. The van der Waals surface area contributed by atoms with Gasteiger partial charge in [-0.3, -0.25) is 4.90 Å². The van der Waals surface area contributed by atoms with Crippen molar-refractivity contribution in [1.29, 1.82) is 0 Å². The highest BCUT2D eigenvalue weighted by Crippen LogP contribution is 2.34. The minimum Gasteiger partial charge on any atom is -0.308 e. The van der Waals surface area contributed by atoms with Crippen LogP contribution in [0.1, 0.15) is 52.4 Å². The highest BCUT2D eigenvalue weighted by Gasteiger charge is 2.41. The van der Waals surface area contributed by atoms with E-state index in [-0.39, 0.29) is 12.0 Å². The lowest BCUT2D eigenvalue weighted by Crippen LogP contribution is -2.64. The van der Waals surface area contributed by atoms with E-state index in [4.69, 9.17) is 0 Å². The highest BCUT2D eigenvalue weighted by atomic mass is 19.4. The van der Waals surface area contributed by atoms with Gasteiger partial charge in [0.25, 0.3) is 0 Å². The predicted octanol–water partition coefficient (Wildman–Crippen LogP) is 3.57. The maximum absolute atomic E-state index is 12.3. The number of alkyl halides is 3. The van der Waals surface area contributed by atoms with Gasteiger partial charge in [0, 0.05) is 31.1 Å². The summed E-state index contributed by atoms with van der Waals surface area (Å²) in [7, 11) is 0. The van der Waals surface area contributed by atoms with Crippen LogP contribution in [0.2, 0.25) is 0 Å². The molecule has 0 aromatic carbocycles. The first kappa shape index (κ1) is 16.1. The Morgan fingerprint density at radius 3 is 2.45 bits per heavy atom. The largest absolute Gasteiger partial charge is 0.389 e. The number of nitrogens with one attached hydrogen (secondary N) is 1. The summed E-state index contributed by atoms with van der Waals surface area (Å²) < 4.78 is 37.0. The van der Waals surface area contributed by atoms with Crippen molar-refractivity contribution in [2.24, 2.45) is 5.92 Å². The second-order valence-electron chi connectivity index (χ2n) is 6.87. The first-order valence-electron chi connectivity index (χ1n) is 7.87. The molecule has 1 spiro atoms. The van der Waals surface area contributed by atoms with Gasteiger partial charge in [-0.05, 0) is 31.7 Å². The molecule has 0 aromatic heterocycles. The maximum Gasteiger partial charge on any atom is 0.389 e. The number of rotatable bonds is 4. The molecule has 0 radical (unpaired) electrons. The number of piperazine rings is 1. The van der Waals surface area contributed by atoms with Crippen LogP contribution < -0.4 is 5.32 Å². The molecule has 118 valence electrons. The molecule has 2 aliphatic rings. The van der Waals surface area contributed by atoms with Crippen molar-refractivity contribution in [1.82, 2.24) is 10.2 Å². The fourth-order valence-electron chi connectivity index (χ4n) is 3.78. The van der Waals surface area contributed by atoms with Crippen molar-refractivity contribution < 1.29 is 13.2 Å². The fraction of sp³-hybridized carbons (Fsp3) is 1.00. The van der Waals surface area contributed by atoms with Crippen LogP contribution >= 0.6 is 0 Å². The second-order valence-corrected chi connectivity index (χ2v) is 6.87. The Hall–Kier alpha value is -0.290. The van der Waals surface area contributed by atoms with Crippen LogP contribution in [0.3, 0.4) is 0 Å². The number of hydrogen-bond donors (Lipinski definition) is 1. The zero-order valence-electron chi connectivity index (χ0n) is 12.6. The van der Waals surface area contributed by atoms with Gasteiger partial charge in [0.2, 0.25) is 0 Å². The summed E-state index contributed by atoms with van der Waals surface area (Å²) in [5.74, 6) is 0.479. The summed E-state index contributed by atoms with van der Waals surface area (Å²) in [4.78, 5) is 2.32. The van der Waals surface area contributed by atoms with Crippen LogP contribution in [0.25, 0.3) is 0 Å². The Bertz CT molecular complexity index is 309. The van der Waals surface area contributed by atoms with Gasteiger partial charge >= 0.3 is 6.18 Å². The molecule has 1 saturated carbocycles. The normalized spacial score (nSPS) is 27.6. The zero-order valence-corrected chi connectivity index (χ0v) is 12.6. The summed E-state index contributed by atoms with van der Waals surface area (Å²) in [6, 6.07) is 0.370. The van der Waals surface area contributed by atoms with Gasteiger partial charge in [0.05, 0.1) is 0 Å². The van der Waals surface area contributed by atoms with Crippen molar-refractivity contribution in [3.63, 3.8) is 0 Å². The Morgan fingerprint density at radius 2 is 1.90 bits per heavy atom. The molecular weight excluding hydrogens is 265 g/mol. The van der Waals surface area contributed by atoms with Gasteiger partial charge in [0.1, 0.15) is 0 Å². The number of hydrogen-bond acceptors (Lipinski definition) is 2. The van der Waals surface area contributed by atoms with Crippen LogP contribution in [0.15, 0.2) is 0 Å². The molecule has 1 unspecified atom stereocenters. The molecule has 1 N–H and O–H groups in total. The van der Waals surface area contributed by atoms with Crippen LogP contribution in [-0.2, 0) is 0 Å². The Labute approximate surface area is 120 Å². The molecule has 0 aromatic rings. The van der Waals surface area contributed by atoms with E-state index in [1.165, 1.54) is 25.7 Å². The minimum atomic E-state index is -4.02. The average molecular weight is 292 g/mol. The first-order valence-corrected chi connectivity index (χ1v) is 7.87. The summed E-state index contributed by atoms with van der Waals surface area (Å²) >= 11 is 0. The van der Waals surface area contributed by atoms with E-state index in [1.54, 1.807) is 0 Å². The Balaban J connectivity index is 1.92. The standard InChI is InChI=1S/C15H27F3N2/c1-12(2)13-10-19-14(6-3-4-7-14)11-20(13)9-5-8-15(16,17)18/h12-13,19H,3-11H2,1-2H3. The lowest BCUT2D eigenvalue weighted by Gasteiger charge is -2.48. The molecule has 2 rings (SSSR count). The molecule has 1 aliphatic carbocycles. The van der Waals surface area contributed by atoms with E-state index in [9.17, 15) is 13.2 Å². The third-order valence-corrected chi connectivity index (χ3v) is 4.90. The summed E-state index contributed by atoms with van der Waals surface area (Å²) in [6.45, 7) is 6.74. The average Bonchev–Trinajstić information content (AvgIpc) is 2.75. The number of nitrogens with zero attached hydrogens (tertiary/aromatic N) is 1. The van der Waals surface area contributed by atoms with Crippen LogP contribution in [-0.4, -0.2) is 42.3 Å². The lowest BCUT2D eigenvalue weighted by atomic mass is 9.89. The van der Waals surface area contributed by atoms with E-state index in [2.05, 4.69) is 24.1 Å². The zero-order chi connectivity index (χ0) is 14.8. The fourth-order valence-corrected chi connectivity index (χ4v) is 3.78. The van der Waals surface area contributed by atoms with Crippen LogP contribution in [0, 0.1) is 5.92 Å². The SMILES string of the molecule is CC(C)C1CNC2(CCCC2)CN1CCCC(F)(F)F. The molecule has 0 amide bonds. The summed E-state index contributed by atoms with van der Waals surface area (Å²) in [6.07, 6.45) is 0.386. The van der Waals surface area contributed by atoms with Crippen LogP contribution in [0.5, 0.6) is 0 Å². The second kappa shape index (κ2) is 6.22. The van der Waals surface area contributed by atoms with E-state index < -0.39 is 12.6 Å². The molecule has 2 fully saturated rings. The van der Waals surface area contributed by atoms with E-state index in [0.717, 1.165) is 13.1 Å². The predicted molar refractivity (Wildman–Crippen MR) is 74.7 cm³/mol. The smallest absolute Gasteiger partial charge is 0.308 e. The van der Waals surface area contributed by atoms with Gasteiger partial charge in [-0.1, -0.05) is 26.7 Å². The molecule has 1 aliphatic heterocycles. The summed E-state index contributed by atoms with van der Waals surface area (Å²) in [5.41, 5.74) is 0.184. The Morgan fingerprint density at radius 1 is 1.25 bits per heavy atom. The van der Waals surface area contributed by atoms with E-state index >= 15 is 0 Å². The molecule has 1 saturated heterocycles. The third-order valence-electron chi connectivity index (χ3n) is 4.90. The lowest BCUT2D eigenvalue weighted by molar-refractivity contribution is -0.136. The Kier molecular flexibility index (Phi) is 5.00. The van der Waals surface area contributed by atoms with Crippen molar-refractivity contribution in [3.8, 4) is 0 Å².